The molecule has 198 valence electrons. The average Bonchev–Trinajstić information content (AvgIpc) is 3.08. The van der Waals surface area contributed by atoms with E-state index in [9.17, 15) is 14.7 Å². The van der Waals surface area contributed by atoms with Crippen molar-refractivity contribution in [1.82, 2.24) is 5.32 Å². The molecule has 1 aliphatic carbocycles. The summed E-state index contributed by atoms with van der Waals surface area (Å²) in [5, 5.41) is 12.2. The molecule has 1 aromatic rings. The Morgan fingerprint density at radius 1 is 1.08 bits per heavy atom. The van der Waals surface area contributed by atoms with E-state index in [1.54, 1.807) is 12.1 Å². The third kappa shape index (κ3) is 4.74. The van der Waals surface area contributed by atoms with Gasteiger partial charge >= 0.3 is 5.97 Å². The molecule has 0 radical (unpaired) electrons. The number of ether oxygens (including phenoxy) is 3. The molecule has 5 aliphatic rings. The van der Waals surface area contributed by atoms with Crippen LogP contribution in [0.2, 0.25) is 0 Å². The molecule has 4 heterocycles. The quantitative estimate of drug-likeness (QED) is 0.429. The molecule has 8 atom stereocenters. The zero-order chi connectivity index (χ0) is 25.5. The first kappa shape index (κ1) is 25.4. The van der Waals surface area contributed by atoms with E-state index >= 15 is 0 Å². The normalized spacial score (nSPS) is 39.1. The second-order valence-electron chi connectivity index (χ2n) is 11.0. The maximum atomic E-state index is 12.7. The van der Waals surface area contributed by atoms with E-state index in [1.165, 1.54) is 0 Å². The molecule has 36 heavy (non-hydrogen) atoms. The van der Waals surface area contributed by atoms with Crippen LogP contribution in [0.3, 0.4) is 0 Å². The Kier molecular flexibility index (Phi) is 7.02. The number of hydrogen-bond donors (Lipinski definition) is 2. The maximum absolute atomic E-state index is 12.7. The Morgan fingerprint density at radius 3 is 2.64 bits per heavy atom. The van der Waals surface area contributed by atoms with Gasteiger partial charge in [-0.2, -0.15) is 0 Å². The number of phenols is 1. The molecule has 2 N–H and O–H groups in total. The van der Waals surface area contributed by atoms with E-state index in [2.05, 4.69) is 12.2 Å². The highest BCUT2D eigenvalue weighted by atomic mass is 17.3. The molecule has 1 saturated carbocycles. The molecule has 1 aromatic carbocycles. The van der Waals surface area contributed by atoms with E-state index < -0.39 is 29.9 Å². The number of carbonyl (C=O) groups excluding carboxylic acids is 2. The van der Waals surface area contributed by atoms with Crippen molar-refractivity contribution in [2.75, 3.05) is 6.54 Å². The fourth-order valence-electron chi connectivity index (χ4n) is 6.51. The van der Waals surface area contributed by atoms with Crippen LogP contribution in [0, 0.1) is 23.7 Å². The van der Waals surface area contributed by atoms with Crippen molar-refractivity contribution in [3.63, 3.8) is 0 Å². The first-order valence-electron chi connectivity index (χ1n) is 13.1. The highest BCUT2D eigenvalue weighted by Crippen LogP contribution is 2.60. The van der Waals surface area contributed by atoms with Crippen molar-refractivity contribution in [2.45, 2.75) is 89.7 Å². The van der Waals surface area contributed by atoms with Gasteiger partial charge < -0.3 is 24.6 Å². The van der Waals surface area contributed by atoms with Crippen LogP contribution >= 0.6 is 0 Å². The van der Waals surface area contributed by atoms with Gasteiger partial charge in [-0.05, 0) is 62.1 Å². The number of phenolic OH excluding ortho intramolecular Hbond substituents is 1. The highest BCUT2D eigenvalue weighted by molar-refractivity contribution is 5.81. The van der Waals surface area contributed by atoms with Crippen LogP contribution in [0.25, 0.3) is 0 Å². The number of carbonyl (C=O) groups is 2. The lowest BCUT2D eigenvalue weighted by molar-refractivity contribution is -0.576. The molecule has 1 spiro atoms. The lowest BCUT2D eigenvalue weighted by atomic mass is 9.58. The minimum absolute atomic E-state index is 0.0318. The van der Waals surface area contributed by atoms with E-state index in [1.807, 2.05) is 26.0 Å². The van der Waals surface area contributed by atoms with Crippen LogP contribution in [0.4, 0.5) is 0 Å². The number of fused-ring (bicyclic) bond motifs is 2. The summed E-state index contributed by atoms with van der Waals surface area (Å²) in [6.07, 6.45) is 2.85. The fraction of sp³-hybridized carbons (Fsp3) is 0.704. The number of amides is 1. The van der Waals surface area contributed by atoms with Gasteiger partial charge in [0.1, 0.15) is 5.75 Å². The standard InChI is InChI=1S/C27H37NO8/c1-16-4-9-21-17(2)24(33-25-27(21)20(16)12-14-26(3,34-25)35-36-27)32-23(31)11-10-22(30)28-15-13-18-5-7-19(29)8-6-18/h5-8,16-17,20-21,24-25,29H,4,9-15H2,1-3H3,(H,28,30)/t16-,17-,20+,21+,24-,25-,26-,27-/m1/s1. The highest BCUT2D eigenvalue weighted by Gasteiger charge is 2.69. The minimum Gasteiger partial charge on any atom is -0.508 e. The maximum Gasteiger partial charge on any atom is 0.308 e. The number of aromatic hydroxyl groups is 1. The number of benzene rings is 1. The van der Waals surface area contributed by atoms with Gasteiger partial charge in [0.2, 0.25) is 18.0 Å². The monoisotopic (exact) mass is 503 g/mol. The molecule has 9 nitrogen and oxygen atoms in total. The Labute approximate surface area is 211 Å². The molecule has 4 aliphatic heterocycles. The van der Waals surface area contributed by atoms with Crippen molar-refractivity contribution in [2.24, 2.45) is 23.7 Å². The summed E-state index contributed by atoms with van der Waals surface area (Å²) < 4.78 is 18.3. The third-order valence-electron chi connectivity index (χ3n) is 8.57. The van der Waals surface area contributed by atoms with Crippen LogP contribution < -0.4 is 5.32 Å². The van der Waals surface area contributed by atoms with E-state index in [0.717, 1.165) is 31.2 Å². The van der Waals surface area contributed by atoms with Crippen molar-refractivity contribution < 1.29 is 38.7 Å². The van der Waals surface area contributed by atoms with Crippen molar-refractivity contribution in [3.8, 4) is 5.75 Å². The molecule has 6 rings (SSSR count). The first-order valence-corrected chi connectivity index (χ1v) is 13.1. The molecular weight excluding hydrogens is 466 g/mol. The Hall–Kier alpha value is -2.20. The summed E-state index contributed by atoms with van der Waals surface area (Å²) >= 11 is 0. The summed E-state index contributed by atoms with van der Waals surface area (Å²) in [6.45, 7) is 6.59. The number of esters is 1. The van der Waals surface area contributed by atoms with Crippen molar-refractivity contribution in [1.29, 1.82) is 0 Å². The van der Waals surface area contributed by atoms with E-state index in [0.29, 0.717) is 18.9 Å². The molecule has 9 heteroatoms. The predicted octanol–water partition coefficient (Wildman–Crippen LogP) is 3.58. The van der Waals surface area contributed by atoms with Gasteiger partial charge in [-0.15, -0.1) is 0 Å². The Morgan fingerprint density at radius 2 is 1.86 bits per heavy atom. The van der Waals surface area contributed by atoms with Gasteiger partial charge in [0.25, 0.3) is 0 Å². The number of nitrogens with one attached hydrogen (secondary N) is 1. The number of rotatable bonds is 7. The fourth-order valence-corrected chi connectivity index (χ4v) is 6.51. The third-order valence-corrected chi connectivity index (χ3v) is 8.57. The Balaban J connectivity index is 1.15. The van der Waals surface area contributed by atoms with Crippen LogP contribution in [0.5, 0.6) is 5.75 Å². The van der Waals surface area contributed by atoms with Crippen LogP contribution in [0.1, 0.15) is 64.9 Å². The lowest BCUT2D eigenvalue weighted by Gasteiger charge is -2.59. The van der Waals surface area contributed by atoms with Gasteiger partial charge in [0.15, 0.2) is 11.9 Å². The Bertz CT molecular complexity index is 969. The second-order valence-corrected chi connectivity index (χ2v) is 11.0. The molecule has 2 bridgehead atoms. The van der Waals surface area contributed by atoms with Gasteiger partial charge in [-0.1, -0.05) is 26.0 Å². The summed E-state index contributed by atoms with van der Waals surface area (Å²) in [6, 6.07) is 6.85. The van der Waals surface area contributed by atoms with Gasteiger partial charge in [0.05, 0.1) is 6.42 Å². The summed E-state index contributed by atoms with van der Waals surface area (Å²) in [7, 11) is 0. The van der Waals surface area contributed by atoms with Gasteiger partial charge in [-0.3, -0.25) is 9.59 Å². The molecule has 0 unspecified atom stereocenters. The largest absolute Gasteiger partial charge is 0.508 e. The average molecular weight is 504 g/mol. The molecule has 5 fully saturated rings. The SMILES string of the molecule is C[C@H]1[C@H](OC(=O)CCC(=O)NCCc2ccc(O)cc2)O[C@@H]2O[C@@]3(C)CC[C@H]4[C@H](C)CC[C@@H]1[C@@]24OO3. The zero-order valence-electron chi connectivity index (χ0n) is 21.2. The van der Waals surface area contributed by atoms with E-state index in [4.69, 9.17) is 24.0 Å². The first-order chi connectivity index (χ1) is 17.2. The van der Waals surface area contributed by atoms with Crippen molar-refractivity contribution in [3.05, 3.63) is 29.8 Å². The topological polar surface area (TPSA) is 113 Å². The van der Waals surface area contributed by atoms with Gasteiger partial charge in [-0.25, -0.2) is 9.78 Å². The van der Waals surface area contributed by atoms with Gasteiger partial charge in [0, 0.05) is 31.2 Å². The minimum atomic E-state index is -0.884. The second kappa shape index (κ2) is 9.93. The molecule has 1 amide bonds. The van der Waals surface area contributed by atoms with Crippen LogP contribution in [0.15, 0.2) is 24.3 Å². The van der Waals surface area contributed by atoms with E-state index in [-0.39, 0.29) is 42.3 Å². The molecular formula is C27H37NO8. The molecule has 4 saturated heterocycles. The predicted molar refractivity (Wildman–Crippen MR) is 127 cm³/mol. The van der Waals surface area contributed by atoms with Crippen LogP contribution in [-0.4, -0.2) is 47.5 Å². The number of hydrogen-bond acceptors (Lipinski definition) is 8. The summed E-state index contributed by atoms with van der Waals surface area (Å²) in [4.78, 5) is 36.8. The van der Waals surface area contributed by atoms with Crippen LogP contribution in [-0.2, 0) is 40.0 Å². The smallest absolute Gasteiger partial charge is 0.308 e. The lowest BCUT2D eigenvalue weighted by Crippen LogP contribution is -2.70. The summed E-state index contributed by atoms with van der Waals surface area (Å²) in [5.74, 6) is -0.693. The molecule has 0 aromatic heterocycles. The zero-order valence-corrected chi connectivity index (χ0v) is 21.2. The summed E-state index contributed by atoms with van der Waals surface area (Å²) in [5.41, 5.74) is 0.304. The van der Waals surface area contributed by atoms with Crippen molar-refractivity contribution >= 4 is 11.9 Å².